The third kappa shape index (κ3) is 32.6. The van der Waals surface area contributed by atoms with Gasteiger partial charge in [0.15, 0.2) is 0 Å². The Hall–Kier alpha value is -1.34. The number of esters is 1. The summed E-state index contributed by atoms with van der Waals surface area (Å²) in [6.45, 7) is 8.50. The summed E-state index contributed by atoms with van der Waals surface area (Å²) in [5.41, 5.74) is 0. The van der Waals surface area contributed by atoms with Gasteiger partial charge >= 0.3 is 11.9 Å². The van der Waals surface area contributed by atoms with Crippen LogP contribution in [-0.2, 0) is 47.5 Å². The van der Waals surface area contributed by atoms with E-state index in [1.165, 1.54) is 25.7 Å². The molecule has 0 unspecified atom stereocenters. The lowest BCUT2D eigenvalue weighted by Crippen LogP contribution is -2.15. The Bertz CT molecular complexity index is 491. The molecule has 0 saturated heterocycles. The van der Waals surface area contributed by atoms with Crippen LogP contribution in [0.3, 0.4) is 0 Å². The van der Waals surface area contributed by atoms with Crippen LogP contribution in [0.2, 0.25) is 0 Å². The standard InChI is InChI=1S/C26H50O11/c1-2-3-4-5-6-7-8-26(29)37-24-23-36-22-21-35-20-19-34-18-17-33-16-15-32-14-13-31-12-11-30-10-9-25(27)28/h2-24H2,1H3,(H,27,28). The van der Waals surface area contributed by atoms with Crippen molar-refractivity contribution in [3.8, 4) is 0 Å². The van der Waals surface area contributed by atoms with E-state index in [4.69, 9.17) is 43.0 Å². The highest BCUT2D eigenvalue weighted by Gasteiger charge is 2.02. The zero-order chi connectivity index (χ0) is 27.1. The molecule has 0 aromatic rings. The maximum atomic E-state index is 11.6. The number of aliphatic carboxylic acids is 1. The Labute approximate surface area is 222 Å². The van der Waals surface area contributed by atoms with Gasteiger partial charge in [0, 0.05) is 6.42 Å². The van der Waals surface area contributed by atoms with Crippen molar-refractivity contribution in [2.24, 2.45) is 0 Å². The summed E-state index contributed by atoms with van der Waals surface area (Å²) in [5.74, 6) is -1.02. The van der Waals surface area contributed by atoms with E-state index in [1.807, 2.05) is 0 Å². The van der Waals surface area contributed by atoms with Gasteiger partial charge in [0.25, 0.3) is 0 Å². The van der Waals surface area contributed by atoms with Crippen LogP contribution in [0.25, 0.3) is 0 Å². The molecule has 11 heteroatoms. The molecule has 0 aromatic heterocycles. The summed E-state index contributed by atoms with van der Waals surface area (Å²) >= 11 is 0. The number of hydrogen-bond donors (Lipinski definition) is 1. The Kier molecular flexibility index (Phi) is 29.8. The maximum Gasteiger partial charge on any atom is 0.305 e. The first kappa shape index (κ1) is 35.7. The fraction of sp³-hybridized carbons (Fsp3) is 0.923. The van der Waals surface area contributed by atoms with E-state index in [0.29, 0.717) is 92.3 Å². The van der Waals surface area contributed by atoms with Gasteiger partial charge in [-0.3, -0.25) is 9.59 Å². The molecule has 1 N–H and O–H groups in total. The number of unbranched alkanes of at least 4 members (excludes halogenated alkanes) is 5. The Morgan fingerprint density at radius 1 is 0.459 bits per heavy atom. The molecular weight excluding hydrogens is 488 g/mol. The molecule has 0 aromatic carbocycles. The predicted octanol–water partition coefficient (Wildman–Crippen LogP) is 2.87. The lowest BCUT2D eigenvalue weighted by molar-refractivity contribution is -0.145. The highest BCUT2D eigenvalue weighted by molar-refractivity contribution is 5.69. The molecule has 0 rings (SSSR count). The lowest BCUT2D eigenvalue weighted by atomic mass is 10.1. The van der Waals surface area contributed by atoms with Crippen molar-refractivity contribution in [2.75, 3.05) is 99.1 Å². The SMILES string of the molecule is CCCCCCCCC(=O)OCCOCCOCCOCCOCCOCCOCCOCCC(=O)O. The molecule has 0 aliphatic carbocycles. The molecule has 11 nitrogen and oxygen atoms in total. The number of carbonyl (C=O) groups is 2. The Morgan fingerprint density at radius 3 is 1.22 bits per heavy atom. The molecule has 0 heterocycles. The van der Waals surface area contributed by atoms with Gasteiger partial charge < -0.3 is 43.0 Å². The van der Waals surface area contributed by atoms with Crippen LogP contribution in [-0.4, -0.2) is 116 Å². The van der Waals surface area contributed by atoms with Gasteiger partial charge in [-0.05, 0) is 6.42 Å². The molecule has 0 saturated carbocycles. The third-order valence-electron chi connectivity index (χ3n) is 4.92. The monoisotopic (exact) mass is 538 g/mol. The number of rotatable bonds is 31. The number of carboxylic acid groups (broad SMARTS) is 1. The number of hydrogen-bond acceptors (Lipinski definition) is 10. The second-order valence-electron chi connectivity index (χ2n) is 8.17. The van der Waals surface area contributed by atoms with E-state index in [-0.39, 0.29) is 25.6 Å². The third-order valence-corrected chi connectivity index (χ3v) is 4.92. The van der Waals surface area contributed by atoms with Gasteiger partial charge in [-0.25, -0.2) is 0 Å². The van der Waals surface area contributed by atoms with Crippen molar-refractivity contribution in [3.05, 3.63) is 0 Å². The molecule has 0 spiro atoms. The second-order valence-corrected chi connectivity index (χ2v) is 8.17. The van der Waals surface area contributed by atoms with Gasteiger partial charge in [-0.2, -0.15) is 0 Å². The number of carboxylic acids is 1. The summed E-state index contributed by atoms with van der Waals surface area (Å²) < 4.78 is 42.6. The highest BCUT2D eigenvalue weighted by Crippen LogP contribution is 2.07. The van der Waals surface area contributed by atoms with Crippen LogP contribution >= 0.6 is 0 Å². The van der Waals surface area contributed by atoms with Crippen molar-refractivity contribution >= 4 is 11.9 Å². The summed E-state index contributed by atoms with van der Waals surface area (Å²) in [7, 11) is 0. The summed E-state index contributed by atoms with van der Waals surface area (Å²) in [5, 5.41) is 8.46. The molecule has 0 aliphatic heterocycles. The zero-order valence-corrected chi connectivity index (χ0v) is 22.8. The predicted molar refractivity (Wildman–Crippen MR) is 137 cm³/mol. The van der Waals surface area contributed by atoms with E-state index in [1.54, 1.807) is 0 Å². The second kappa shape index (κ2) is 30.9. The zero-order valence-electron chi connectivity index (χ0n) is 22.8. The summed E-state index contributed by atoms with van der Waals surface area (Å²) in [6.07, 6.45) is 7.40. The van der Waals surface area contributed by atoms with E-state index >= 15 is 0 Å². The maximum absolute atomic E-state index is 11.6. The minimum absolute atomic E-state index is 0.00107. The molecule has 0 bridgehead atoms. The van der Waals surface area contributed by atoms with Crippen molar-refractivity contribution in [1.82, 2.24) is 0 Å². The average Bonchev–Trinajstić information content (AvgIpc) is 2.88. The van der Waals surface area contributed by atoms with Gasteiger partial charge in [0.1, 0.15) is 6.61 Å². The first-order valence-corrected chi connectivity index (χ1v) is 13.6. The number of ether oxygens (including phenoxy) is 8. The molecule has 37 heavy (non-hydrogen) atoms. The van der Waals surface area contributed by atoms with Crippen LogP contribution in [0, 0.1) is 0 Å². The van der Waals surface area contributed by atoms with Gasteiger partial charge in [-0.15, -0.1) is 0 Å². The van der Waals surface area contributed by atoms with E-state index in [9.17, 15) is 9.59 Å². The summed E-state index contributed by atoms with van der Waals surface area (Å²) in [6, 6.07) is 0. The van der Waals surface area contributed by atoms with Gasteiger partial charge in [0.2, 0.25) is 0 Å². The van der Waals surface area contributed by atoms with Crippen molar-refractivity contribution in [3.63, 3.8) is 0 Å². The van der Waals surface area contributed by atoms with Crippen molar-refractivity contribution in [2.45, 2.75) is 58.3 Å². The van der Waals surface area contributed by atoms with Crippen LogP contribution in [0.4, 0.5) is 0 Å². The van der Waals surface area contributed by atoms with E-state index in [0.717, 1.165) is 12.8 Å². The number of carbonyl (C=O) groups excluding carboxylic acids is 1. The van der Waals surface area contributed by atoms with Crippen molar-refractivity contribution in [1.29, 1.82) is 0 Å². The highest BCUT2D eigenvalue weighted by atomic mass is 16.6. The summed E-state index contributed by atoms with van der Waals surface area (Å²) in [4.78, 5) is 21.9. The smallest absolute Gasteiger partial charge is 0.305 e. The largest absolute Gasteiger partial charge is 0.481 e. The van der Waals surface area contributed by atoms with Crippen LogP contribution in [0.15, 0.2) is 0 Å². The average molecular weight is 539 g/mol. The molecule has 220 valence electrons. The van der Waals surface area contributed by atoms with E-state index in [2.05, 4.69) is 6.92 Å². The fourth-order valence-electron chi connectivity index (χ4n) is 2.92. The molecular formula is C26H50O11. The van der Waals surface area contributed by atoms with Gasteiger partial charge in [-0.1, -0.05) is 39.0 Å². The fourth-order valence-corrected chi connectivity index (χ4v) is 2.92. The van der Waals surface area contributed by atoms with Crippen LogP contribution in [0.5, 0.6) is 0 Å². The van der Waals surface area contributed by atoms with Gasteiger partial charge in [0.05, 0.1) is 98.9 Å². The molecule has 0 radical (unpaired) electrons. The Morgan fingerprint density at radius 2 is 0.811 bits per heavy atom. The molecule has 0 atom stereocenters. The Balaban J connectivity index is 3.10. The minimum atomic E-state index is -0.874. The molecule has 0 aliphatic rings. The topological polar surface area (TPSA) is 128 Å². The van der Waals surface area contributed by atoms with E-state index < -0.39 is 5.97 Å². The molecule has 0 amide bonds. The lowest BCUT2D eigenvalue weighted by Gasteiger charge is -2.08. The van der Waals surface area contributed by atoms with Crippen LogP contribution in [0.1, 0.15) is 58.3 Å². The minimum Gasteiger partial charge on any atom is -0.481 e. The normalized spacial score (nSPS) is 11.2. The van der Waals surface area contributed by atoms with Crippen LogP contribution < -0.4 is 0 Å². The quantitative estimate of drug-likeness (QED) is 0.103. The molecule has 0 fully saturated rings. The first-order valence-electron chi connectivity index (χ1n) is 13.6. The first-order chi connectivity index (χ1) is 18.2. The van der Waals surface area contributed by atoms with Crippen molar-refractivity contribution < 1.29 is 52.6 Å².